The zero-order valence-corrected chi connectivity index (χ0v) is 11.1. The smallest absolute Gasteiger partial charge is 0.357 e. The number of aryl methyl sites for hydroxylation is 1. The lowest BCUT2D eigenvalue weighted by Gasteiger charge is -2.07. The minimum atomic E-state index is -0.549. The third-order valence-corrected chi connectivity index (χ3v) is 2.51. The van der Waals surface area contributed by atoms with Crippen LogP contribution in [0.3, 0.4) is 0 Å². The lowest BCUT2D eigenvalue weighted by atomic mass is 10.2. The number of benzene rings is 1. The van der Waals surface area contributed by atoms with E-state index >= 15 is 0 Å². The van der Waals surface area contributed by atoms with Crippen LogP contribution in [0, 0.1) is 12.7 Å². The molecule has 1 aromatic heterocycles. The number of carbonyl (C=O) groups excluding carboxylic acids is 1. The molecular formula is C13H13FN4O2. The highest BCUT2D eigenvalue weighted by Crippen LogP contribution is 2.14. The Balaban J connectivity index is 2.43. The standard InChI is InChI=1S/C13H13FN4O2/c1-3-20-13(19)12(18-9(2)15-16-17-18)8-10-4-6-11(14)7-5-10/h4-8H,3H2,1-2H3/b12-8-. The Morgan fingerprint density at radius 2 is 2.10 bits per heavy atom. The molecule has 6 nitrogen and oxygen atoms in total. The summed E-state index contributed by atoms with van der Waals surface area (Å²) in [4.78, 5) is 12.0. The van der Waals surface area contributed by atoms with E-state index in [0.29, 0.717) is 11.4 Å². The molecule has 1 heterocycles. The topological polar surface area (TPSA) is 69.9 Å². The molecule has 0 spiro atoms. The van der Waals surface area contributed by atoms with Gasteiger partial charge in [0.2, 0.25) is 0 Å². The maximum absolute atomic E-state index is 12.9. The summed E-state index contributed by atoms with van der Waals surface area (Å²) in [5, 5.41) is 11.0. The van der Waals surface area contributed by atoms with Crippen molar-refractivity contribution in [2.75, 3.05) is 6.61 Å². The van der Waals surface area contributed by atoms with Crippen LogP contribution in [0.2, 0.25) is 0 Å². The highest BCUT2D eigenvalue weighted by Gasteiger charge is 2.17. The number of aromatic nitrogens is 4. The van der Waals surface area contributed by atoms with E-state index in [1.54, 1.807) is 32.1 Å². The minimum absolute atomic E-state index is 0.168. The van der Waals surface area contributed by atoms with Gasteiger partial charge in [0.15, 0.2) is 11.5 Å². The number of halogens is 1. The van der Waals surface area contributed by atoms with Crippen LogP contribution in [0.4, 0.5) is 4.39 Å². The SMILES string of the molecule is CCOC(=O)/C(=C/c1ccc(F)cc1)n1nnnc1C. The van der Waals surface area contributed by atoms with E-state index in [1.807, 2.05) is 0 Å². The fraction of sp³-hybridized carbons (Fsp3) is 0.231. The second-order valence-electron chi connectivity index (χ2n) is 3.94. The van der Waals surface area contributed by atoms with Gasteiger partial charge in [-0.25, -0.2) is 9.18 Å². The fourth-order valence-electron chi connectivity index (χ4n) is 1.58. The Kier molecular flexibility index (Phi) is 4.19. The van der Waals surface area contributed by atoms with Crippen LogP contribution in [0.5, 0.6) is 0 Å². The third kappa shape index (κ3) is 3.05. The van der Waals surface area contributed by atoms with Crippen LogP contribution in [-0.2, 0) is 9.53 Å². The lowest BCUT2D eigenvalue weighted by molar-refractivity contribution is -0.136. The van der Waals surface area contributed by atoms with E-state index in [0.717, 1.165) is 0 Å². The molecule has 0 saturated heterocycles. The molecule has 104 valence electrons. The van der Waals surface area contributed by atoms with E-state index in [2.05, 4.69) is 15.5 Å². The van der Waals surface area contributed by atoms with Crippen molar-refractivity contribution in [2.24, 2.45) is 0 Å². The Bertz CT molecular complexity index is 634. The van der Waals surface area contributed by atoms with Gasteiger partial charge < -0.3 is 4.74 Å². The molecular weight excluding hydrogens is 263 g/mol. The largest absolute Gasteiger partial charge is 0.461 e. The Morgan fingerprint density at radius 1 is 1.40 bits per heavy atom. The van der Waals surface area contributed by atoms with E-state index in [9.17, 15) is 9.18 Å². The molecule has 0 aliphatic carbocycles. The Morgan fingerprint density at radius 3 is 2.65 bits per heavy atom. The molecule has 0 amide bonds. The first-order chi connectivity index (χ1) is 9.61. The second-order valence-corrected chi connectivity index (χ2v) is 3.94. The number of hydrogen-bond donors (Lipinski definition) is 0. The molecule has 0 bridgehead atoms. The number of nitrogens with zero attached hydrogens (tertiary/aromatic N) is 4. The first-order valence-corrected chi connectivity index (χ1v) is 6.01. The normalized spacial score (nSPS) is 11.4. The van der Waals surface area contributed by atoms with Crippen LogP contribution in [-0.4, -0.2) is 32.8 Å². The summed E-state index contributed by atoms with van der Waals surface area (Å²) in [6, 6.07) is 5.71. The van der Waals surface area contributed by atoms with E-state index in [-0.39, 0.29) is 18.1 Å². The van der Waals surface area contributed by atoms with Gasteiger partial charge in [0.05, 0.1) is 6.61 Å². The van der Waals surface area contributed by atoms with Crippen molar-refractivity contribution in [3.05, 3.63) is 41.5 Å². The molecule has 0 fully saturated rings. The molecule has 2 aromatic rings. The molecule has 0 aliphatic heterocycles. The van der Waals surface area contributed by atoms with E-state index < -0.39 is 5.97 Å². The summed E-state index contributed by atoms with van der Waals surface area (Å²) in [5.41, 5.74) is 0.810. The summed E-state index contributed by atoms with van der Waals surface area (Å²) >= 11 is 0. The summed E-state index contributed by atoms with van der Waals surface area (Å²) < 4.78 is 19.2. The Labute approximate surface area is 114 Å². The van der Waals surface area contributed by atoms with Crippen molar-refractivity contribution in [3.8, 4) is 0 Å². The van der Waals surface area contributed by atoms with Gasteiger partial charge in [-0.05, 0) is 48.0 Å². The van der Waals surface area contributed by atoms with Gasteiger partial charge in [0, 0.05) is 0 Å². The number of hydrogen-bond acceptors (Lipinski definition) is 5. The number of carbonyl (C=O) groups is 1. The summed E-state index contributed by atoms with van der Waals surface area (Å²) in [7, 11) is 0. The van der Waals surface area contributed by atoms with Gasteiger partial charge in [0.25, 0.3) is 0 Å². The van der Waals surface area contributed by atoms with Gasteiger partial charge in [0.1, 0.15) is 5.82 Å². The maximum Gasteiger partial charge on any atom is 0.357 e. The average Bonchev–Trinajstić information content (AvgIpc) is 2.84. The number of tetrazole rings is 1. The van der Waals surface area contributed by atoms with Crippen LogP contribution >= 0.6 is 0 Å². The van der Waals surface area contributed by atoms with Crippen LogP contribution < -0.4 is 0 Å². The zero-order chi connectivity index (χ0) is 14.5. The van der Waals surface area contributed by atoms with E-state index in [1.165, 1.54) is 16.8 Å². The predicted molar refractivity (Wildman–Crippen MR) is 69.8 cm³/mol. The first-order valence-electron chi connectivity index (χ1n) is 6.01. The molecule has 0 saturated carbocycles. The molecule has 0 unspecified atom stereocenters. The van der Waals surface area contributed by atoms with Crippen LogP contribution in [0.1, 0.15) is 18.3 Å². The van der Waals surface area contributed by atoms with Crippen LogP contribution in [0.15, 0.2) is 24.3 Å². The monoisotopic (exact) mass is 276 g/mol. The average molecular weight is 276 g/mol. The molecule has 0 atom stereocenters. The van der Waals surface area contributed by atoms with Crippen molar-refractivity contribution in [1.82, 2.24) is 20.2 Å². The first kappa shape index (κ1) is 13.9. The zero-order valence-electron chi connectivity index (χ0n) is 11.1. The van der Waals surface area contributed by atoms with Crippen molar-refractivity contribution in [1.29, 1.82) is 0 Å². The summed E-state index contributed by atoms with van der Waals surface area (Å²) in [6.45, 7) is 3.61. The summed E-state index contributed by atoms with van der Waals surface area (Å²) in [5.74, 6) is -0.447. The lowest BCUT2D eigenvalue weighted by Crippen LogP contribution is -2.14. The minimum Gasteiger partial charge on any atom is -0.461 e. The van der Waals surface area contributed by atoms with Crippen molar-refractivity contribution < 1.29 is 13.9 Å². The second kappa shape index (κ2) is 6.05. The fourth-order valence-corrected chi connectivity index (χ4v) is 1.58. The molecule has 20 heavy (non-hydrogen) atoms. The molecule has 2 rings (SSSR count). The highest BCUT2D eigenvalue weighted by atomic mass is 19.1. The molecule has 1 aromatic carbocycles. The van der Waals surface area contributed by atoms with Crippen LogP contribution in [0.25, 0.3) is 11.8 Å². The highest BCUT2D eigenvalue weighted by molar-refractivity contribution is 6.15. The van der Waals surface area contributed by atoms with Crippen molar-refractivity contribution in [3.63, 3.8) is 0 Å². The number of ether oxygens (including phenoxy) is 1. The molecule has 0 radical (unpaired) electrons. The van der Waals surface area contributed by atoms with Gasteiger partial charge in [-0.1, -0.05) is 12.1 Å². The predicted octanol–water partition coefficient (Wildman–Crippen LogP) is 1.68. The third-order valence-electron chi connectivity index (χ3n) is 2.51. The van der Waals surface area contributed by atoms with Gasteiger partial charge in [-0.15, -0.1) is 5.10 Å². The quantitative estimate of drug-likeness (QED) is 0.627. The number of rotatable bonds is 4. The molecule has 7 heteroatoms. The van der Waals surface area contributed by atoms with Crippen molar-refractivity contribution in [2.45, 2.75) is 13.8 Å². The van der Waals surface area contributed by atoms with Crippen molar-refractivity contribution >= 4 is 17.7 Å². The Hall–Kier alpha value is -2.57. The summed E-state index contributed by atoms with van der Waals surface area (Å²) in [6.07, 6.45) is 1.54. The van der Waals surface area contributed by atoms with E-state index in [4.69, 9.17) is 4.74 Å². The van der Waals surface area contributed by atoms with Gasteiger partial charge in [-0.2, -0.15) is 4.68 Å². The molecule has 0 aliphatic rings. The number of esters is 1. The molecule has 0 N–H and O–H groups in total. The maximum atomic E-state index is 12.9. The van der Waals surface area contributed by atoms with Gasteiger partial charge >= 0.3 is 5.97 Å². The van der Waals surface area contributed by atoms with Gasteiger partial charge in [-0.3, -0.25) is 0 Å².